The number of carbonyl (C=O) groups excluding carboxylic acids is 1. The van der Waals surface area contributed by atoms with E-state index < -0.39 is 0 Å². The van der Waals surface area contributed by atoms with Gasteiger partial charge in [-0.2, -0.15) is 0 Å². The second-order valence-corrected chi connectivity index (χ2v) is 3.60. The van der Waals surface area contributed by atoms with Gasteiger partial charge in [-0.1, -0.05) is 6.92 Å². The summed E-state index contributed by atoms with van der Waals surface area (Å²) >= 11 is 0. The summed E-state index contributed by atoms with van der Waals surface area (Å²) in [6.45, 7) is 5.88. The highest BCUT2D eigenvalue weighted by molar-refractivity contribution is 5.91. The summed E-state index contributed by atoms with van der Waals surface area (Å²) in [6, 6.07) is 3.91. The number of hydrogen-bond acceptors (Lipinski definition) is 2. The molecule has 0 saturated carbocycles. The van der Waals surface area contributed by atoms with Gasteiger partial charge in [-0.05, 0) is 38.5 Å². The molecule has 1 atom stereocenters. The van der Waals surface area contributed by atoms with E-state index in [1.54, 1.807) is 6.08 Å². The van der Waals surface area contributed by atoms with Crippen LogP contribution in [0.1, 0.15) is 31.8 Å². The van der Waals surface area contributed by atoms with E-state index in [0.717, 1.165) is 12.2 Å². The number of rotatable bonds is 4. The average Bonchev–Trinajstić information content (AvgIpc) is 2.61. The van der Waals surface area contributed by atoms with Crippen molar-refractivity contribution in [2.24, 2.45) is 0 Å². The maximum absolute atomic E-state index is 11.4. The van der Waals surface area contributed by atoms with Gasteiger partial charge in [-0.25, -0.2) is 0 Å². The number of carbonyl (C=O) groups is 1. The molecule has 0 aliphatic rings. The summed E-state index contributed by atoms with van der Waals surface area (Å²) in [5.74, 6) is 1.46. The van der Waals surface area contributed by atoms with Crippen molar-refractivity contribution < 1.29 is 9.21 Å². The molecule has 1 heterocycles. The molecule has 0 aliphatic heterocycles. The maximum atomic E-state index is 11.4. The molecule has 0 aromatic carbocycles. The maximum Gasteiger partial charge on any atom is 0.244 e. The SMILES string of the molecule is CCC(C)NC(=O)/C=C/c1ccc(C)o1. The van der Waals surface area contributed by atoms with Crippen LogP contribution in [0.4, 0.5) is 0 Å². The average molecular weight is 207 g/mol. The molecule has 0 aliphatic carbocycles. The smallest absolute Gasteiger partial charge is 0.244 e. The van der Waals surface area contributed by atoms with E-state index in [0.29, 0.717) is 5.76 Å². The molecule has 1 aromatic rings. The molecule has 0 radical (unpaired) electrons. The molecule has 0 fully saturated rings. The van der Waals surface area contributed by atoms with Crippen LogP contribution in [0.25, 0.3) is 6.08 Å². The second kappa shape index (κ2) is 5.39. The van der Waals surface area contributed by atoms with Crippen LogP contribution >= 0.6 is 0 Å². The van der Waals surface area contributed by atoms with E-state index in [1.165, 1.54) is 6.08 Å². The zero-order chi connectivity index (χ0) is 11.3. The van der Waals surface area contributed by atoms with Crippen molar-refractivity contribution in [3.8, 4) is 0 Å². The minimum Gasteiger partial charge on any atom is -0.462 e. The Hall–Kier alpha value is -1.51. The van der Waals surface area contributed by atoms with Gasteiger partial charge in [0.15, 0.2) is 0 Å². The molecule has 15 heavy (non-hydrogen) atoms. The fourth-order valence-corrected chi connectivity index (χ4v) is 1.09. The monoisotopic (exact) mass is 207 g/mol. The minimum atomic E-state index is -0.0848. The van der Waals surface area contributed by atoms with Gasteiger partial charge in [0.2, 0.25) is 5.91 Å². The quantitative estimate of drug-likeness (QED) is 0.771. The van der Waals surface area contributed by atoms with Gasteiger partial charge in [-0.15, -0.1) is 0 Å². The van der Waals surface area contributed by atoms with Gasteiger partial charge in [0.1, 0.15) is 11.5 Å². The van der Waals surface area contributed by atoms with Crippen molar-refractivity contribution in [3.05, 3.63) is 29.7 Å². The molecule has 82 valence electrons. The molecule has 0 spiro atoms. The van der Waals surface area contributed by atoms with Gasteiger partial charge >= 0.3 is 0 Å². The zero-order valence-electron chi connectivity index (χ0n) is 9.41. The lowest BCUT2D eigenvalue weighted by Gasteiger charge is -2.08. The first-order valence-electron chi connectivity index (χ1n) is 5.17. The first-order chi connectivity index (χ1) is 7.11. The third-order valence-electron chi connectivity index (χ3n) is 2.16. The summed E-state index contributed by atoms with van der Waals surface area (Å²) in [5, 5.41) is 2.84. The molecular weight excluding hydrogens is 190 g/mol. The Morgan fingerprint density at radius 1 is 1.60 bits per heavy atom. The van der Waals surface area contributed by atoms with Crippen LogP contribution in [-0.4, -0.2) is 11.9 Å². The predicted molar refractivity (Wildman–Crippen MR) is 60.4 cm³/mol. The van der Waals surface area contributed by atoms with E-state index in [2.05, 4.69) is 5.32 Å². The highest BCUT2D eigenvalue weighted by Crippen LogP contribution is 2.07. The fourth-order valence-electron chi connectivity index (χ4n) is 1.09. The first-order valence-corrected chi connectivity index (χ1v) is 5.17. The molecule has 1 N–H and O–H groups in total. The Bertz CT molecular complexity index is 352. The summed E-state index contributed by atoms with van der Waals surface area (Å²) in [4.78, 5) is 11.4. The van der Waals surface area contributed by atoms with Crippen LogP contribution in [0, 0.1) is 6.92 Å². The summed E-state index contributed by atoms with van der Waals surface area (Å²) in [5.41, 5.74) is 0. The van der Waals surface area contributed by atoms with Crippen LogP contribution in [-0.2, 0) is 4.79 Å². The molecule has 1 amide bonds. The number of hydrogen-bond donors (Lipinski definition) is 1. The van der Waals surface area contributed by atoms with Crippen LogP contribution in [0.15, 0.2) is 22.6 Å². The van der Waals surface area contributed by atoms with Gasteiger partial charge in [0.05, 0.1) is 0 Å². The number of amides is 1. The standard InChI is InChI=1S/C12H17NO2/c1-4-9(2)13-12(14)8-7-11-6-5-10(3)15-11/h5-9H,4H2,1-3H3,(H,13,14)/b8-7+. The summed E-state index contributed by atoms with van der Waals surface area (Å²) < 4.78 is 5.30. The van der Waals surface area contributed by atoms with Crippen LogP contribution in [0.5, 0.6) is 0 Å². The fraction of sp³-hybridized carbons (Fsp3) is 0.417. The van der Waals surface area contributed by atoms with Gasteiger partial charge in [-0.3, -0.25) is 4.79 Å². The predicted octanol–water partition coefficient (Wildman–Crippen LogP) is 2.52. The second-order valence-electron chi connectivity index (χ2n) is 3.60. The van der Waals surface area contributed by atoms with Gasteiger partial charge in [0.25, 0.3) is 0 Å². The van der Waals surface area contributed by atoms with E-state index in [1.807, 2.05) is 32.9 Å². The van der Waals surface area contributed by atoms with Crippen LogP contribution in [0.2, 0.25) is 0 Å². The van der Waals surface area contributed by atoms with E-state index >= 15 is 0 Å². The molecule has 3 heteroatoms. The lowest BCUT2D eigenvalue weighted by Crippen LogP contribution is -2.30. The lowest BCUT2D eigenvalue weighted by atomic mass is 10.2. The number of aryl methyl sites for hydroxylation is 1. The van der Waals surface area contributed by atoms with E-state index in [9.17, 15) is 4.79 Å². The van der Waals surface area contributed by atoms with Crippen molar-refractivity contribution in [2.45, 2.75) is 33.2 Å². The Labute approximate surface area is 90.2 Å². The third-order valence-corrected chi connectivity index (χ3v) is 2.16. The Morgan fingerprint density at radius 2 is 2.33 bits per heavy atom. The van der Waals surface area contributed by atoms with Crippen molar-refractivity contribution >= 4 is 12.0 Å². The van der Waals surface area contributed by atoms with Crippen LogP contribution in [0.3, 0.4) is 0 Å². The molecule has 1 unspecified atom stereocenters. The van der Waals surface area contributed by atoms with E-state index in [-0.39, 0.29) is 11.9 Å². The zero-order valence-corrected chi connectivity index (χ0v) is 9.41. The van der Waals surface area contributed by atoms with Gasteiger partial charge in [0, 0.05) is 12.1 Å². The molecule has 1 aromatic heterocycles. The summed E-state index contributed by atoms with van der Waals surface area (Å²) in [7, 11) is 0. The van der Waals surface area contributed by atoms with Gasteiger partial charge < -0.3 is 9.73 Å². The molecule has 0 bridgehead atoms. The Balaban J connectivity index is 2.47. The van der Waals surface area contributed by atoms with E-state index in [4.69, 9.17) is 4.42 Å². The van der Waals surface area contributed by atoms with Crippen molar-refractivity contribution in [1.82, 2.24) is 5.32 Å². The Morgan fingerprint density at radius 3 is 2.87 bits per heavy atom. The van der Waals surface area contributed by atoms with Crippen molar-refractivity contribution in [2.75, 3.05) is 0 Å². The lowest BCUT2D eigenvalue weighted by molar-refractivity contribution is -0.117. The summed E-state index contributed by atoms with van der Waals surface area (Å²) in [6.07, 6.45) is 4.09. The molecular formula is C12H17NO2. The van der Waals surface area contributed by atoms with Crippen molar-refractivity contribution in [3.63, 3.8) is 0 Å². The Kier molecular flexibility index (Phi) is 4.16. The highest BCUT2D eigenvalue weighted by Gasteiger charge is 2.01. The molecule has 1 rings (SSSR count). The minimum absolute atomic E-state index is 0.0848. The van der Waals surface area contributed by atoms with Crippen LogP contribution < -0.4 is 5.32 Å². The topological polar surface area (TPSA) is 42.2 Å². The number of furan rings is 1. The first kappa shape index (κ1) is 11.6. The molecule has 0 saturated heterocycles. The molecule has 3 nitrogen and oxygen atoms in total. The highest BCUT2D eigenvalue weighted by atomic mass is 16.3. The third kappa shape index (κ3) is 4.02. The normalized spacial score (nSPS) is 13.0. The largest absolute Gasteiger partial charge is 0.462 e. The number of nitrogens with one attached hydrogen (secondary N) is 1. The van der Waals surface area contributed by atoms with Crippen molar-refractivity contribution in [1.29, 1.82) is 0 Å².